The van der Waals surface area contributed by atoms with Gasteiger partial charge in [-0.2, -0.15) is 0 Å². The van der Waals surface area contributed by atoms with E-state index in [4.69, 9.17) is 10.8 Å². The topological polar surface area (TPSA) is 83.4 Å². The Bertz CT molecular complexity index is 566. The highest BCUT2D eigenvalue weighted by atomic mass is 16.3. The molecule has 1 atom stereocenters. The zero-order valence-corrected chi connectivity index (χ0v) is 11.6. The Morgan fingerprint density at radius 1 is 1.35 bits per heavy atom. The van der Waals surface area contributed by atoms with Gasteiger partial charge in [0.05, 0.1) is 12.7 Å². The number of benzene rings is 1. The lowest BCUT2D eigenvalue weighted by atomic mass is 10.1. The van der Waals surface area contributed by atoms with E-state index < -0.39 is 6.10 Å². The van der Waals surface area contributed by atoms with Crippen LogP contribution < -0.4 is 11.1 Å². The molecule has 1 aromatic heterocycles. The fraction of sp³-hybridized carbons (Fsp3) is 0.333. The monoisotopic (exact) mass is 275 g/mol. The van der Waals surface area contributed by atoms with Crippen molar-refractivity contribution in [3.05, 3.63) is 36.5 Å². The summed E-state index contributed by atoms with van der Waals surface area (Å²) in [6.07, 6.45) is 1.79. The van der Waals surface area contributed by atoms with Crippen LogP contribution in [-0.4, -0.2) is 34.0 Å². The summed E-state index contributed by atoms with van der Waals surface area (Å²) in [4.78, 5) is 0. The fourth-order valence-corrected chi connectivity index (χ4v) is 2.13. The average Bonchev–Trinajstić information content (AvgIpc) is 2.86. The molecule has 0 aliphatic rings. The van der Waals surface area contributed by atoms with Crippen LogP contribution in [0.4, 0.5) is 11.4 Å². The van der Waals surface area contributed by atoms with E-state index in [-0.39, 0.29) is 6.61 Å². The molecule has 0 amide bonds. The quantitative estimate of drug-likeness (QED) is 0.601. The van der Waals surface area contributed by atoms with Crippen LogP contribution in [0, 0.1) is 0 Å². The van der Waals surface area contributed by atoms with E-state index >= 15 is 0 Å². The molecule has 1 heterocycles. The van der Waals surface area contributed by atoms with Crippen LogP contribution in [0.3, 0.4) is 0 Å². The summed E-state index contributed by atoms with van der Waals surface area (Å²) in [5, 5.41) is 21.5. The summed E-state index contributed by atoms with van der Waals surface area (Å²) in [6.45, 7) is 0.372. The van der Waals surface area contributed by atoms with Gasteiger partial charge in [-0.05, 0) is 36.8 Å². The first-order valence-electron chi connectivity index (χ1n) is 6.66. The number of hydrogen-bond donors (Lipinski definition) is 4. The molecule has 20 heavy (non-hydrogen) atoms. The molecule has 1 aromatic carbocycles. The zero-order chi connectivity index (χ0) is 14.5. The smallest absolute Gasteiger partial charge is 0.0787 e. The molecule has 5 nitrogen and oxygen atoms in total. The van der Waals surface area contributed by atoms with Crippen molar-refractivity contribution in [2.24, 2.45) is 7.05 Å². The molecule has 0 saturated heterocycles. The zero-order valence-electron chi connectivity index (χ0n) is 11.6. The third kappa shape index (κ3) is 3.31. The van der Waals surface area contributed by atoms with E-state index in [1.165, 1.54) is 0 Å². The average molecular weight is 275 g/mol. The van der Waals surface area contributed by atoms with Crippen LogP contribution in [0.5, 0.6) is 0 Å². The highest BCUT2D eigenvalue weighted by Crippen LogP contribution is 2.30. The SMILES string of the molecule is Cn1cccc1-c1cc(N)ccc1NCCC(O)CO. The lowest BCUT2D eigenvalue weighted by Gasteiger charge is -2.15. The number of nitrogens with two attached hydrogens (primary N) is 1. The van der Waals surface area contributed by atoms with Crippen molar-refractivity contribution in [1.82, 2.24) is 4.57 Å². The number of hydrogen-bond acceptors (Lipinski definition) is 4. The normalized spacial score (nSPS) is 12.3. The second-order valence-corrected chi connectivity index (χ2v) is 4.86. The van der Waals surface area contributed by atoms with Gasteiger partial charge in [-0.3, -0.25) is 0 Å². The van der Waals surface area contributed by atoms with Crippen LogP contribution >= 0.6 is 0 Å². The highest BCUT2D eigenvalue weighted by Gasteiger charge is 2.09. The van der Waals surface area contributed by atoms with Crippen LogP contribution in [-0.2, 0) is 7.05 Å². The summed E-state index contributed by atoms with van der Waals surface area (Å²) in [7, 11) is 1.98. The number of aromatic nitrogens is 1. The summed E-state index contributed by atoms with van der Waals surface area (Å²) >= 11 is 0. The van der Waals surface area contributed by atoms with Crippen LogP contribution in [0.2, 0.25) is 0 Å². The maximum atomic E-state index is 9.36. The number of nitrogen functional groups attached to an aromatic ring is 1. The van der Waals surface area contributed by atoms with Gasteiger partial charge in [0, 0.05) is 42.4 Å². The second kappa shape index (κ2) is 6.45. The van der Waals surface area contributed by atoms with Crippen molar-refractivity contribution in [1.29, 1.82) is 0 Å². The van der Waals surface area contributed by atoms with E-state index in [0.29, 0.717) is 18.7 Å². The fourth-order valence-electron chi connectivity index (χ4n) is 2.13. The van der Waals surface area contributed by atoms with Gasteiger partial charge < -0.3 is 25.8 Å². The largest absolute Gasteiger partial charge is 0.399 e. The Morgan fingerprint density at radius 2 is 2.15 bits per heavy atom. The Balaban J connectivity index is 2.19. The van der Waals surface area contributed by atoms with Gasteiger partial charge in [0.25, 0.3) is 0 Å². The Labute approximate surface area is 118 Å². The van der Waals surface area contributed by atoms with E-state index in [9.17, 15) is 5.11 Å². The van der Waals surface area contributed by atoms with Gasteiger partial charge in [0.1, 0.15) is 0 Å². The summed E-state index contributed by atoms with van der Waals surface area (Å²) < 4.78 is 2.03. The lowest BCUT2D eigenvalue weighted by molar-refractivity contribution is 0.0911. The first-order chi connectivity index (χ1) is 9.61. The van der Waals surface area contributed by atoms with Crippen LogP contribution in [0.15, 0.2) is 36.5 Å². The Morgan fingerprint density at radius 3 is 2.80 bits per heavy atom. The van der Waals surface area contributed by atoms with Crippen LogP contribution in [0.25, 0.3) is 11.3 Å². The summed E-state index contributed by atoms with van der Waals surface area (Å²) in [5.41, 5.74) is 9.64. The second-order valence-electron chi connectivity index (χ2n) is 4.86. The molecule has 2 aromatic rings. The minimum absolute atomic E-state index is 0.214. The van der Waals surface area contributed by atoms with Crippen molar-refractivity contribution in [2.45, 2.75) is 12.5 Å². The van der Waals surface area contributed by atoms with Gasteiger partial charge in [-0.25, -0.2) is 0 Å². The standard InChI is InChI=1S/C15H21N3O2/c1-18-8-2-3-15(18)13-9-11(16)4-5-14(13)17-7-6-12(20)10-19/h2-5,8-9,12,17,19-20H,6-7,10,16H2,1H3. The van der Waals surface area contributed by atoms with E-state index in [1.54, 1.807) is 0 Å². The molecule has 0 fully saturated rings. The first-order valence-corrected chi connectivity index (χ1v) is 6.66. The maximum Gasteiger partial charge on any atom is 0.0787 e. The summed E-state index contributed by atoms with van der Waals surface area (Å²) in [6, 6.07) is 9.72. The minimum Gasteiger partial charge on any atom is -0.399 e. The number of aliphatic hydroxyl groups is 2. The molecule has 2 rings (SSSR count). The number of rotatable bonds is 6. The molecular weight excluding hydrogens is 254 g/mol. The minimum atomic E-state index is -0.685. The number of anilines is 2. The van der Waals surface area contributed by atoms with Crippen molar-refractivity contribution in [3.63, 3.8) is 0 Å². The highest BCUT2D eigenvalue weighted by molar-refractivity contribution is 5.79. The molecular formula is C15H21N3O2. The van der Waals surface area contributed by atoms with Gasteiger partial charge in [-0.1, -0.05) is 0 Å². The first kappa shape index (κ1) is 14.4. The number of aryl methyl sites for hydroxylation is 1. The van der Waals surface area contributed by atoms with Crippen molar-refractivity contribution in [2.75, 3.05) is 24.2 Å². The molecule has 0 aliphatic carbocycles. The molecule has 5 heteroatoms. The molecule has 0 aliphatic heterocycles. The predicted molar refractivity (Wildman–Crippen MR) is 81.5 cm³/mol. The van der Waals surface area contributed by atoms with Gasteiger partial charge in [-0.15, -0.1) is 0 Å². The van der Waals surface area contributed by atoms with Gasteiger partial charge >= 0.3 is 0 Å². The lowest BCUT2D eigenvalue weighted by Crippen LogP contribution is -2.17. The molecule has 0 saturated carbocycles. The van der Waals surface area contributed by atoms with Crippen molar-refractivity contribution >= 4 is 11.4 Å². The maximum absolute atomic E-state index is 9.36. The van der Waals surface area contributed by atoms with E-state index in [0.717, 1.165) is 16.9 Å². The molecule has 108 valence electrons. The summed E-state index contributed by atoms with van der Waals surface area (Å²) in [5.74, 6) is 0. The van der Waals surface area contributed by atoms with Gasteiger partial charge in [0.15, 0.2) is 0 Å². The number of aliphatic hydroxyl groups excluding tert-OH is 2. The van der Waals surface area contributed by atoms with E-state index in [1.807, 2.05) is 48.1 Å². The predicted octanol–water partition coefficient (Wildman–Crippen LogP) is 1.43. The Kier molecular flexibility index (Phi) is 4.65. The van der Waals surface area contributed by atoms with Crippen molar-refractivity contribution in [3.8, 4) is 11.3 Å². The molecule has 0 bridgehead atoms. The third-order valence-electron chi connectivity index (χ3n) is 3.27. The molecule has 1 unspecified atom stereocenters. The van der Waals surface area contributed by atoms with Gasteiger partial charge in [0.2, 0.25) is 0 Å². The molecule has 0 radical (unpaired) electrons. The molecule has 5 N–H and O–H groups in total. The van der Waals surface area contributed by atoms with Crippen LogP contribution in [0.1, 0.15) is 6.42 Å². The number of nitrogens with zero attached hydrogens (tertiary/aromatic N) is 1. The van der Waals surface area contributed by atoms with E-state index in [2.05, 4.69) is 5.32 Å². The third-order valence-corrected chi connectivity index (χ3v) is 3.27. The Hall–Kier alpha value is -1.98. The molecule has 0 spiro atoms. The number of nitrogens with one attached hydrogen (secondary N) is 1. The van der Waals surface area contributed by atoms with Crippen molar-refractivity contribution < 1.29 is 10.2 Å².